The van der Waals surface area contributed by atoms with Crippen LogP contribution in [0.3, 0.4) is 0 Å². The van der Waals surface area contributed by atoms with Crippen molar-refractivity contribution in [3.8, 4) is 0 Å². The van der Waals surface area contributed by atoms with E-state index in [1.807, 2.05) is 23.6 Å². The first-order valence-corrected chi connectivity index (χ1v) is 10.4. The molecule has 0 atom stereocenters. The topological polar surface area (TPSA) is 48.2 Å². The van der Waals surface area contributed by atoms with Crippen LogP contribution in [-0.4, -0.2) is 28.8 Å². The predicted octanol–water partition coefficient (Wildman–Crippen LogP) is 4.81. The van der Waals surface area contributed by atoms with Crippen molar-refractivity contribution in [2.75, 3.05) is 13.7 Å². The van der Waals surface area contributed by atoms with Gasteiger partial charge in [0.25, 0.3) is 5.91 Å². The van der Waals surface area contributed by atoms with E-state index in [0.717, 1.165) is 15.9 Å². The molecular formula is C22H25N3O2S. The van der Waals surface area contributed by atoms with Crippen LogP contribution in [0.4, 0.5) is 0 Å². The van der Waals surface area contributed by atoms with Crippen molar-refractivity contribution in [2.45, 2.75) is 33.0 Å². The summed E-state index contributed by atoms with van der Waals surface area (Å²) in [6, 6.07) is 14.7. The summed E-state index contributed by atoms with van der Waals surface area (Å²) in [4.78, 5) is 14.2. The lowest BCUT2D eigenvalue weighted by molar-refractivity contribution is 0.0940. The fourth-order valence-corrected chi connectivity index (χ4v) is 4.49. The number of carbonyl (C=O) groups excluding carboxylic acids is 1. The molecular weight excluding hydrogens is 370 g/mol. The minimum atomic E-state index is -0.0555. The van der Waals surface area contributed by atoms with Gasteiger partial charge in [-0.3, -0.25) is 4.79 Å². The van der Waals surface area contributed by atoms with Crippen LogP contribution in [0.25, 0.3) is 21.9 Å². The third kappa shape index (κ3) is 3.23. The maximum atomic E-state index is 13.0. The number of hydrogen-bond donors (Lipinski definition) is 1. The van der Waals surface area contributed by atoms with Gasteiger partial charge in [-0.2, -0.15) is 0 Å². The third-order valence-corrected chi connectivity index (χ3v) is 5.90. The van der Waals surface area contributed by atoms with Crippen molar-refractivity contribution >= 4 is 39.2 Å². The van der Waals surface area contributed by atoms with E-state index in [9.17, 15) is 4.79 Å². The maximum Gasteiger partial charge on any atom is 0.268 e. The number of methoxy groups -OCH3 is 1. The Kier molecular flexibility index (Phi) is 5.24. The van der Waals surface area contributed by atoms with Gasteiger partial charge in [-0.25, -0.2) is 0 Å². The molecule has 0 spiro atoms. The molecule has 4 aromatic rings. The summed E-state index contributed by atoms with van der Waals surface area (Å²) in [5, 5.41) is 6.26. The highest BCUT2D eigenvalue weighted by molar-refractivity contribution is 7.09. The Hall–Kier alpha value is -2.57. The Morgan fingerprint density at radius 1 is 1.18 bits per heavy atom. The molecule has 0 saturated heterocycles. The molecule has 6 heteroatoms. The summed E-state index contributed by atoms with van der Waals surface area (Å²) in [5.74, 6) is -0.0555. The van der Waals surface area contributed by atoms with E-state index in [1.54, 1.807) is 18.4 Å². The first-order valence-electron chi connectivity index (χ1n) is 9.53. The molecule has 0 unspecified atom stereocenters. The van der Waals surface area contributed by atoms with Crippen LogP contribution < -0.4 is 5.32 Å². The second-order valence-electron chi connectivity index (χ2n) is 7.15. The van der Waals surface area contributed by atoms with Gasteiger partial charge in [0, 0.05) is 30.0 Å². The zero-order chi connectivity index (χ0) is 19.7. The van der Waals surface area contributed by atoms with E-state index in [2.05, 4.69) is 52.6 Å². The SMILES string of the molecule is COCCn1c(C(=O)NCc2cccs2)cc2c1c1ccccc1n2C(C)C. The number of amides is 1. The highest BCUT2D eigenvalue weighted by Gasteiger charge is 2.22. The summed E-state index contributed by atoms with van der Waals surface area (Å²) in [5.41, 5.74) is 4.06. The van der Waals surface area contributed by atoms with E-state index in [0.29, 0.717) is 31.4 Å². The van der Waals surface area contributed by atoms with Crippen molar-refractivity contribution < 1.29 is 9.53 Å². The van der Waals surface area contributed by atoms with Crippen LogP contribution >= 0.6 is 11.3 Å². The molecule has 5 nitrogen and oxygen atoms in total. The van der Waals surface area contributed by atoms with E-state index in [1.165, 1.54) is 10.9 Å². The van der Waals surface area contributed by atoms with Crippen LogP contribution in [-0.2, 0) is 17.8 Å². The molecule has 0 saturated carbocycles. The van der Waals surface area contributed by atoms with Crippen molar-refractivity contribution in [3.63, 3.8) is 0 Å². The van der Waals surface area contributed by atoms with Gasteiger partial charge < -0.3 is 19.2 Å². The quantitative estimate of drug-likeness (QED) is 0.488. The van der Waals surface area contributed by atoms with Gasteiger partial charge >= 0.3 is 0 Å². The molecule has 0 bridgehead atoms. The molecule has 0 aliphatic heterocycles. The largest absolute Gasteiger partial charge is 0.383 e. The Morgan fingerprint density at radius 2 is 2.00 bits per heavy atom. The monoisotopic (exact) mass is 395 g/mol. The Labute approximate surface area is 168 Å². The summed E-state index contributed by atoms with van der Waals surface area (Å²) < 4.78 is 9.74. The normalized spacial score (nSPS) is 11.7. The van der Waals surface area contributed by atoms with Crippen LogP contribution in [0.15, 0.2) is 47.8 Å². The lowest BCUT2D eigenvalue weighted by Crippen LogP contribution is -2.25. The molecule has 1 amide bonds. The first kappa shape index (κ1) is 18.8. The highest BCUT2D eigenvalue weighted by atomic mass is 32.1. The molecule has 146 valence electrons. The highest BCUT2D eigenvalue weighted by Crippen LogP contribution is 2.34. The number of para-hydroxylation sites is 1. The van der Waals surface area contributed by atoms with E-state index in [4.69, 9.17) is 4.74 Å². The molecule has 0 aliphatic rings. The molecule has 3 heterocycles. The number of hydrogen-bond acceptors (Lipinski definition) is 3. The Balaban J connectivity index is 1.83. The van der Waals surface area contributed by atoms with Crippen molar-refractivity contribution in [2.24, 2.45) is 0 Å². The van der Waals surface area contributed by atoms with Crippen molar-refractivity contribution in [3.05, 3.63) is 58.4 Å². The second kappa shape index (κ2) is 7.81. The lowest BCUT2D eigenvalue weighted by Gasteiger charge is -2.11. The molecule has 28 heavy (non-hydrogen) atoms. The molecule has 1 aromatic carbocycles. The molecule has 0 radical (unpaired) electrons. The number of carbonyl (C=O) groups is 1. The van der Waals surface area contributed by atoms with Gasteiger partial charge in [0.15, 0.2) is 0 Å². The summed E-state index contributed by atoms with van der Waals surface area (Å²) in [6.07, 6.45) is 0. The molecule has 4 rings (SSSR count). The number of thiophene rings is 1. The number of rotatable bonds is 7. The second-order valence-corrected chi connectivity index (χ2v) is 8.18. The van der Waals surface area contributed by atoms with Gasteiger partial charge in [-0.1, -0.05) is 24.3 Å². The van der Waals surface area contributed by atoms with Crippen LogP contribution in [0.2, 0.25) is 0 Å². The number of benzene rings is 1. The molecule has 0 fully saturated rings. The van der Waals surface area contributed by atoms with Crippen LogP contribution in [0, 0.1) is 0 Å². The van der Waals surface area contributed by atoms with Crippen LogP contribution in [0.5, 0.6) is 0 Å². The number of aromatic nitrogens is 2. The molecule has 3 aromatic heterocycles. The minimum Gasteiger partial charge on any atom is -0.383 e. The Bertz CT molecular complexity index is 1110. The van der Waals surface area contributed by atoms with Gasteiger partial charge in [-0.15, -0.1) is 11.3 Å². The number of nitrogens with zero attached hydrogens (tertiary/aromatic N) is 2. The van der Waals surface area contributed by atoms with Crippen molar-refractivity contribution in [1.82, 2.24) is 14.5 Å². The number of nitrogens with one attached hydrogen (secondary N) is 1. The van der Waals surface area contributed by atoms with E-state index in [-0.39, 0.29) is 5.91 Å². The van der Waals surface area contributed by atoms with Crippen molar-refractivity contribution in [1.29, 1.82) is 0 Å². The molecule has 0 aliphatic carbocycles. The van der Waals surface area contributed by atoms with E-state index < -0.39 is 0 Å². The average Bonchev–Trinajstić information content (AvgIpc) is 3.39. The maximum absolute atomic E-state index is 13.0. The number of fused-ring (bicyclic) bond motifs is 3. The van der Waals surface area contributed by atoms with Gasteiger partial charge in [0.2, 0.25) is 0 Å². The summed E-state index contributed by atoms with van der Waals surface area (Å²) in [7, 11) is 1.69. The zero-order valence-corrected chi connectivity index (χ0v) is 17.3. The Morgan fingerprint density at radius 3 is 2.71 bits per heavy atom. The smallest absolute Gasteiger partial charge is 0.268 e. The zero-order valence-electron chi connectivity index (χ0n) is 16.4. The fraction of sp³-hybridized carbons (Fsp3) is 0.318. The number of ether oxygens (including phenoxy) is 1. The minimum absolute atomic E-state index is 0.0555. The standard InChI is InChI=1S/C22H25N3O2S/c1-15(2)25-18-9-5-4-8-17(18)21-19(25)13-20(24(21)10-11-27-3)22(26)23-14-16-7-6-12-28-16/h4-9,12-13,15H,10-11,14H2,1-3H3,(H,23,26). The van der Waals surface area contributed by atoms with Gasteiger partial charge in [0.05, 0.1) is 29.7 Å². The van der Waals surface area contributed by atoms with Gasteiger partial charge in [0.1, 0.15) is 5.69 Å². The lowest BCUT2D eigenvalue weighted by atomic mass is 10.2. The summed E-state index contributed by atoms with van der Waals surface area (Å²) in [6.45, 7) is 6.08. The average molecular weight is 396 g/mol. The third-order valence-electron chi connectivity index (χ3n) is 5.03. The van der Waals surface area contributed by atoms with Crippen LogP contribution in [0.1, 0.15) is 35.3 Å². The fourth-order valence-electron chi connectivity index (χ4n) is 3.85. The first-order chi connectivity index (χ1) is 13.6. The van der Waals surface area contributed by atoms with E-state index >= 15 is 0 Å². The predicted molar refractivity (Wildman–Crippen MR) is 115 cm³/mol. The summed E-state index contributed by atoms with van der Waals surface area (Å²) >= 11 is 1.65. The molecule has 1 N–H and O–H groups in total. The van der Waals surface area contributed by atoms with Gasteiger partial charge in [-0.05, 0) is 37.4 Å².